The number of carbonyl (C=O) groups excluding carboxylic acids is 1. The van der Waals surface area contributed by atoms with Gasteiger partial charge in [-0.3, -0.25) is 4.79 Å². The Morgan fingerprint density at radius 2 is 2.11 bits per heavy atom. The highest BCUT2D eigenvalue weighted by molar-refractivity contribution is 6.05. The van der Waals surface area contributed by atoms with Gasteiger partial charge in [0.15, 0.2) is 0 Å². The lowest BCUT2D eigenvalue weighted by atomic mass is 10.1. The fourth-order valence-corrected chi connectivity index (χ4v) is 2.15. The molecule has 0 radical (unpaired) electrons. The molecule has 4 heteroatoms. The molecule has 0 unspecified atom stereocenters. The summed E-state index contributed by atoms with van der Waals surface area (Å²) >= 11 is 0. The molecule has 0 aliphatic carbocycles. The first kappa shape index (κ1) is 13.6. The van der Waals surface area contributed by atoms with Gasteiger partial charge in [0.1, 0.15) is 11.8 Å². The number of rotatable bonds is 5. The summed E-state index contributed by atoms with van der Waals surface area (Å²) in [6.45, 7) is 5.28. The fraction of sp³-hybridized carbons (Fsp3) is 0.400. The number of nitrogens with zero attached hydrogens (tertiary/aromatic N) is 1. The standard InChI is InChI=1S/C15H20N2O2/c1-11(2)17(9-5-8-16)15(18)13-10-19-14-7-4-3-6-12(13)14/h3-4,6-7,10-11H,5,8-9,16H2,1-2H3. The Bertz CT molecular complexity index is 560. The summed E-state index contributed by atoms with van der Waals surface area (Å²) in [5.74, 6) is 0.00778. The molecule has 1 heterocycles. The van der Waals surface area contributed by atoms with Gasteiger partial charge < -0.3 is 15.1 Å². The average molecular weight is 260 g/mol. The molecular formula is C15H20N2O2. The van der Waals surface area contributed by atoms with Crippen LogP contribution in [0.5, 0.6) is 0 Å². The molecule has 0 bridgehead atoms. The molecule has 0 atom stereocenters. The summed E-state index contributed by atoms with van der Waals surface area (Å²) < 4.78 is 5.43. The maximum Gasteiger partial charge on any atom is 0.257 e. The quantitative estimate of drug-likeness (QED) is 0.899. The summed E-state index contributed by atoms with van der Waals surface area (Å²) in [4.78, 5) is 14.4. The Hall–Kier alpha value is -1.81. The third kappa shape index (κ3) is 2.79. The van der Waals surface area contributed by atoms with Crippen LogP contribution in [-0.2, 0) is 0 Å². The number of hydrogen-bond acceptors (Lipinski definition) is 3. The molecule has 0 spiro atoms. The van der Waals surface area contributed by atoms with Crippen LogP contribution in [0.25, 0.3) is 11.0 Å². The predicted octanol–water partition coefficient (Wildman–Crippen LogP) is 2.63. The van der Waals surface area contributed by atoms with Gasteiger partial charge in [-0.2, -0.15) is 0 Å². The summed E-state index contributed by atoms with van der Waals surface area (Å²) in [5, 5.41) is 0.867. The van der Waals surface area contributed by atoms with E-state index >= 15 is 0 Å². The zero-order chi connectivity index (χ0) is 13.8. The molecule has 0 aliphatic heterocycles. The maximum absolute atomic E-state index is 12.6. The Kier molecular flexibility index (Phi) is 4.22. The fourth-order valence-electron chi connectivity index (χ4n) is 2.15. The average Bonchev–Trinajstić information content (AvgIpc) is 2.82. The molecule has 2 N–H and O–H groups in total. The molecule has 0 saturated heterocycles. The molecule has 0 fully saturated rings. The second-order valence-corrected chi connectivity index (χ2v) is 4.88. The van der Waals surface area contributed by atoms with Gasteiger partial charge in [0.05, 0.1) is 5.56 Å². The van der Waals surface area contributed by atoms with Crippen LogP contribution in [0.2, 0.25) is 0 Å². The SMILES string of the molecule is CC(C)N(CCCN)C(=O)c1coc2ccccc12. The summed E-state index contributed by atoms with van der Waals surface area (Å²) in [5.41, 5.74) is 6.90. The van der Waals surface area contributed by atoms with E-state index in [1.54, 1.807) is 6.26 Å². The van der Waals surface area contributed by atoms with Gasteiger partial charge in [0.2, 0.25) is 0 Å². The van der Waals surface area contributed by atoms with Crippen molar-refractivity contribution in [3.8, 4) is 0 Å². The van der Waals surface area contributed by atoms with Gasteiger partial charge in [0.25, 0.3) is 5.91 Å². The summed E-state index contributed by atoms with van der Waals surface area (Å²) in [7, 11) is 0. The summed E-state index contributed by atoms with van der Waals surface area (Å²) in [6.07, 6.45) is 2.35. The van der Waals surface area contributed by atoms with E-state index in [2.05, 4.69) is 0 Å². The number of hydrogen-bond donors (Lipinski definition) is 1. The first-order chi connectivity index (χ1) is 9.15. The molecule has 0 saturated carbocycles. The highest BCUT2D eigenvalue weighted by Gasteiger charge is 2.21. The molecule has 1 aromatic heterocycles. The molecule has 4 nitrogen and oxygen atoms in total. The Balaban J connectivity index is 2.30. The third-order valence-electron chi connectivity index (χ3n) is 3.20. The van der Waals surface area contributed by atoms with E-state index in [0.29, 0.717) is 18.7 Å². The number of benzene rings is 1. The van der Waals surface area contributed by atoms with Crippen molar-refractivity contribution in [1.29, 1.82) is 0 Å². The van der Waals surface area contributed by atoms with Gasteiger partial charge in [-0.1, -0.05) is 18.2 Å². The first-order valence-corrected chi connectivity index (χ1v) is 6.62. The molecular weight excluding hydrogens is 240 g/mol. The first-order valence-electron chi connectivity index (χ1n) is 6.62. The molecule has 0 aliphatic rings. The highest BCUT2D eigenvalue weighted by atomic mass is 16.3. The second-order valence-electron chi connectivity index (χ2n) is 4.88. The number of amides is 1. The van der Waals surface area contributed by atoms with E-state index in [9.17, 15) is 4.79 Å². The van der Waals surface area contributed by atoms with E-state index in [0.717, 1.165) is 17.4 Å². The van der Waals surface area contributed by atoms with Crippen molar-refractivity contribution in [3.63, 3.8) is 0 Å². The van der Waals surface area contributed by atoms with E-state index in [1.807, 2.05) is 43.0 Å². The van der Waals surface area contributed by atoms with Crippen molar-refractivity contribution in [2.45, 2.75) is 26.3 Å². The molecule has 2 rings (SSSR count). The molecule has 19 heavy (non-hydrogen) atoms. The Morgan fingerprint density at radius 1 is 1.37 bits per heavy atom. The van der Waals surface area contributed by atoms with Crippen molar-refractivity contribution in [3.05, 3.63) is 36.1 Å². The molecule has 2 aromatic rings. The van der Waals surface area contributed by atoms with Gasteiger partial charge >= 0.3 is 0 Å². The van der Waals surface area contributed by atoms with Gasteiger partial charge in [-0.15, -0.1) is 0 Å². The zero-order valence-corrected chi connectivity index (χ0v) is 11.4. The van der Waals surface area contributed by atoms with Crippen LogP contribution in [0.15, 0.2) is 34.9 Å². The highest BCUT2D eigenvalue weighted by Crippen LogP contribution is 2.22. The van der Waals surface area contributed by atoms with Crippen LogP contribution in [0.1, 0.15) is 30.6 Å². The largest absolute Gasteiger partial charge is 0.463 e. The van der Waals surface area contributed by atoms with Crippen molar-refractivity contribution < 1.29 is 9.21 Å². The van der Waals surface area contributed by atoms with Crippen LogP contribution >= 0.6 is 0 Å². The zero-order valence-electron chi connectivity index (χ0n) is 11.4. The van der Waals surface area contributed by atoms with Crippen molar-refractivity contribution in [2.75, 3.05) is 13.1 Å². The monoisotopic (exact) mass is 260 g/mol. The topological polar surface area (TPSA) is 59.5 Å². The van der Waals surface area contributed by atoms with E-state index in [-0.39, 0.29) is 11.9 Å². The molecule has 1 amide bonds. The van der Waals surface area contributed by atoms with E-state index < -0.39 is 0 Å². The smallest absolute Gasteiger partial charge is 0.257 e. The minimum absolute atomic E-state index is 0.00778. The number of furan rings is 1. The molecule has 102 valence electrons. The summed E-state index contributed by atoms with van der Waals surface area (Å²) in [6, 6.07) is 7.73. The second kappa shape index (κ2) is 5.89. The van der Waals surface area contributed by atoms with Crippen LogP contribution < -0.4 is 5.73 Å². The van der Waals surface area contributed by atoms with Gasteiger partial charge in [-0.25, -0.2) is 0 Å². The third-order valence-corrected chi connectivity index (χ3v) is 3.20. The van der Waals surface area contributed by atoms with Crippen LogP contribution in [-0.4, -0.2) is 29.9 Å². The van der Waals surface area contributed by atoms with E-state index in [1.165, 1.54) is 0 Å². The van der Waals surface area contributed by atoms with Crippen LogP contribution in [0.4, 0.5) is 0 Å². The number of nitrogens with two attached hydrogens (primary N) is 1. The lowest BCUT2D eigenvalue weighted by Crippen LogP contribution is -2.38. The van der Waals surface area contributed by atoms with E-state index in [4.69, 9.17) is 10.2 Å². The number of para-hydroxylation sites is 1. The van der Waals surface area contributed by atoms with Crippen molar-refractivity contribution in [2.24, 2.45) is 5.73 Å². The minimum atomic E-state index is 0.00778. The van der Waals surface area contributed by atoms with Crippen molar-refractivity contribution >= 4 is 16.9 Å². The van der Waals surface area contributed by atoms with Crippen LogP contribution in [0.3, 0.4) is 0 Å². The van der Waals surface area contributed by atoms with Gasteiger partial charge in [0, 0.05) is 18.0 Å². The number of carbonyl (C=O) groups is 1. The minimum Gasteiger partial charge on any atom is -0.463 e. The normalized spacial score (nSPS) is 11.2. The maximum atomic E-state index is 12.6. The Labute approximate surface area is 113 Å². The Morgan fingerprint density at radius 3 is 2.79 bits per heavy atom. The lowest BCUT2D eigenvalue weighted by Gasteiger charge is -2.26. The predicted molar refractivity (Wildman–Crippen MR) is 76.1 cm³/mol. The number of fused-ring (bicyclic) bond motifs is 1. The van der Waals surface area contributed by atoms with Crippen LogP contribution in [0, 0.1) is 0 Å². The molecule has 1 aromatic carbocycles. The lowest BCUT2D eigenvalue weighted by molar-refractivity contribution is 0.0706. The van der Waals surface area contributed by atoms with Crippen molar-refractivity contribution in [1.82, 2.24) is 4.90 Å². The van der Waals surface area contributed by atoms with Gasteiger partial charge in [-0.05, 0) is 32.9 Å².